The topological polar surface area (TPSA) is 80.3 Å². The highest BCUT2D eigenvalue weighted by atomic mass is 35.5. The summed E-state index contributed by atoms with van der Waals surface area (Å²) >= 11 is 5.94. The van der Waals surface area contributed by atoms with Crippen molar-refractivity contribution in [3.05, 3.63) is 34.9 Å². The van der Waals surface area contributed by atoms with Crippen LogP contribution in [0.4, 0.5) is 0 Å². The highest BCUT2D eigenvalue weighted by molar-refractivity contribution is 6.46. The summed E-state index contributed by atoms with van der Waals surface area (Å²) in [6.07, 6.45) is -0.166. The van der Waals surface area contributed by atoms with Gasteiger partial charge in [-0.2, -0.15) is 5.10 Å². The van der Waals surface area contributed by atoms with E-state index in [1.165, 1.54) is 0 Å². The first-order chi connectivity index (χ1) is 11.4. The molecule has 1 aromatic rings. The van der Waals surface area contributed by atoms with E-state index >= 15 is 0 Å². The monoisotopic (exact) mass is 350 g/mol. The van der Waals surface area contributed by atoms with Crippen molar-refractivity contribution in [3.63, 3.8) is 0 Å². The van der Waals surface area contributed by atoms with Crippen molar-refractivity contribution >= 4 is 29.1 Å². The zero-order chi connectivity index (χ0) is 17.5. The number of epoxide rings is 1. The number of benzene rings is 1. The SMILES string of the molecule is CCOC(=O)[C@@H]1NN=C(C(=O)C2(C)OC2C)[C@H]1c1ccc(Cl)cc1. The van der Waals surface area contributed by atoms with E-state index in [0.29, 0.717) is 5.02 Å². The lowest BCUT2D eigenvalue weighted by molar-refractivity contribution is -0.145. The molecule has 1 saturated heterocycles. The van der Waals surface area contributed by atoms with Gasteiger partial charge in [-0.25, -0.2) is 4.79 Å². The number of esters is 1. The number of carbonyl (C=O) groups excluding carboxylic acids is 2. The summed E-state index contributed by atoms with van der Waals surface area (Å²) < 4.78 is 10.5. The number of nitrogens with one attached hydrogen (secondary N) is 1. The van der Waals surface area contributed by atoms with Crippen LogP contribution in [0.3, 0.4) is 0 Å². The van der Waals surface area contributed by atoms with Crippen LogP contribution in [0, 0.1) is 0 Å². The third kappa shape index (κ3) is 2.80. The highest BCUT2D eigenvalue weighted by Gasteiger charge is 2.59. The van der Waals surface area contributed by atoms with E-state index in [2.05, 4.69) is 10.5 Å². The molecular weight excluding hydrogens is 332 g/mol. The summed E-state index contributed by atoms with van der Waals surface area (Å²) in [4.78, 5) is 25.1. The number of hydrogen-bond acceptors (Lipinski definition) is 6. The molecule has 0 aliphatic carbocycles. The van der Waals surface area contributed by atoms with Gasteiger partial charge in [0.1, 0.15) is 5.71 Å². The maximum absolute atomic E-state index is 12.8. The quantitative estimate of drug-likeness (QED) is 0.649. The molecule has 1 fully saturated rings. The van der Waals surface area contributed by atoms with E-state index < -0.39 is 23.5 Å². The third-order valence-electron chi connectivity index (χ3n) is 4.55. The zero-order valence-electron chi connectivity index (χ0n) is 13.7. The number of Topliss-reactive ketones (excluding diaryl/α,β-unsaturated/α-hetero) is 1. The largest absolute Gasteiger partial charge is 0.464 e. The fourth-order valence-corrected chi connectivity index (χ4v) is 3.03. The van der Waals surface area contributed by atoms with Crippen LogP contribution in [-0.2, 0) is 19.1 Å². The van der Waals surface area contributed by atoms with Gasteiger partial charge in [-0.3, -0.25) is 10.2 Å². The predicted octanol–water partition coefficient (Wildman–Crippen LogP) is 2.06. The van der Waals surface area contributed by atoms with E-state index in [-0.39, 0.29) is 24.2 Å². The minimum absolute atomic E-state index is 0.166. The number of ether oxygens (including phenoxy) is 2. The Balaban J connectivity index is 1.94. The number of nitrogens with zero attached hydrogens (tertiary/aromatic N) is 1. The molecule has 0 aromatic heterocycles. The molecule has 128 valence electrons. The first-order valence-corrected chi connectivity index (χ1v) is 8.24. The Labute approximate surface area is 145 Å². The summed E-state index contributed by atoms with van der Waals surface area (Å²) in [6.45, 7) is 5.56. The van der Waals surface area contributed by atoms with Crippen molar-refractivity contribution in [1.82, 2.24) is 5.43 Å². The van der Waals surface area contributed by atoms with Crippen LogP contribution in [0.2, 0.25) is 5.02 Å². The van der Waals surface area contributed by atoms with Crippen LogP contribution < -0.4 is 5.43 Å². The van der Waals surface area contributed by atoms with Crippen LogP contribution in [-0.4, -0.2) is 41.8 Å². The van der Waals surface area contributed by atoms with Gasteiger partial charge in [-0.15, -0.1) is 0 Å². The summed E-state index contributed by atoms with van der Waals surface area (Å²) in [5, 5.41) is 4.72. The Hall–Kier alpha value is -1.92. The van der Waals surface area contributed by atoms with Crippen molar-refractivity contribution in [2.24, 2.45) is 5.10 Å². The molecule has 2 aliphatic heterocycles. The molecule has 6 nitrogen and oxygen atoms in total. The molecular formula is C17H19ClN2O4. The van der Waals surface area contributed by atoms with Gasteiger partial charge in [0, 0.05) is 5.02 Å². The average molecular weight is 351 g/mol. The smallest absolute Gasteiger partial charge is 0.331 e. The average Bonchev–Trinajstić information content (AvgIpc) is 2.99. The Morgan fingerprint density at radius 2 is 2.00 bits per heavy atom. The molecule has 2 aliphatic rings. The lowest BCUT2D eigenvalue weighted by Gasteiger charge is -2.20. The number of halogens is 1. The Morgan fingerprint density at radius 3 is 2.54 bits per heavy atom. The second-order valence-electron chi connectivity index (χ2n) is 6.08. The lowest BCUT2D eigenvalue weighted by atomic mass is 9.83. The van der Waals surface area contributed by atoms with E-state index in [1.54, 1.807) is 38.1 Å². The van der Waals surface area contributed by atoms with Gasteiger partial charge in [0.15, 0.2) is 11.6 Å². The molecule has 7 heteroatoms. The minimum Gasteiger partial charge on any atom is -0.464 e. The number of ketones is 1. The minimum atomic E-state index is -0.880. The van der Waals surface area contributed by atoms with Crippen molar-refractivity contribution in [2.75, 3.05) is 6.61 Å². The van der Waals surface area contributed by atoms with E-state index in [0.717, 1.165) is 5.56 Å². The number of hydrogen-bond donors (Lipinski definition) is 1. The van der Waals surface area contributed by atoms with Gasteiger partial charge in [0.05, 0.1) is 18.6 Å². The molecule has 1 aromatic carbocycles. The molecule has 4 atom stereocenters. The van der Waals surface area contributed by atoms with Crippen molar-refractivity contribution in [1.29, 1.82) is 0 Å². The number of carbonyl (C=O) groups is 2. The summed E-state index contributed by atoms with van der Waals surface area (Å²) in [5.74, 6) is -1.20. The molecule has 0 saturated carbocycles. The van der Waals surface area contributed by atoms with Gasteiger partial charge >= 0.3 is 5.97 Å². The Bertz CT molecular complexity index is 703. The molecule has 2 unspecified atom stereocenters. The number of hydrazone groups is 1. The van der Waals surface area contributed by atoms with Gasteiger partial charge in [0.25, 0.3) is 0 Å². The normalized spacial score (nSPS) is 31.2. The molecule has 0 bridgehead atoms. The second kappa shape index (κ2) is 6.18. The fourth-order valence-electron chi connectivity index (χ4n) is 2.90. The predicted molar refractivity (Wildman–Crippen MR) is 89.1 cm³/mol. The fraction of sp³-hybridized carbons (Fsp3) is 0.471. The van der Waals surface area contributed by atoms with Crippen LogP contribution in [0.1, 0.15) is 32.3 Å². The molecule has 24 heavy (non-hydrogen) atoms. The Morgan fingerprint density at radius 1 is 1.38 bits per heavy atom. The van der Waals surface area contributed by atoms with E-state index in [4.69, 9.17) is 21.1 Å². The summed E-state index contributed by atoms with van der Waals surface area (Å²) in [7, 11) is 0. The Kier molecular flexibility index (Phi) is 4.36. The lowest BCUT2D eigenvalue weighted by Crippen LogP contribution is -2.41. The van der Waals surface area contributed by atoms with Crippen molar-refractivity contribution in [3.8, 4) is 0 Å². The zero-order valence-corrected chi connectivity index (χ0v) is 14.5. The van der Waals surface area contributed by atoms with Crippen LogP contribution in [0.5, 0.6) is 0 Å². The molecule has 0 radical (unpaired) electrons. The van der Waals surface area contributed by atoms with Crippen molar-refractivity contribution < 1.29 is 19.1 Å². The summed E-state index contributed by atoms with van der Waals surface area (Å²) in [6, 6.07) is 6.26. The maximum atomic E-state index is 12.8. The standard InChI is InChI=1S/C17H19ClN2O4/c1-4-23-16(22)14-12(10-5-7-11(18)8-6-10)13(19-20-14)15(21)17(3)9(2)24-17/h5-9,12,14,20H,4H2,1-3H3/t9?,12-,14-,17?/m1/s1. The summed E-state index contributed by atoms with van der Waals surface area (Å²) in [5.41, 5.74) is 2.92. The third-order valence-corrected chi connectivity index (χ3v) is 4.80. The van der Waals surface area contributed by atoms with Gasteiger partial charge in [0.2, 0.25) is 5.78 Å². The molecule has 1 N–H and O–H groups in total. The van der Waals surface area contributed by atoms with Crippen molar-refractivity contribution in [2.45, 2.75) is 44.4 Å². The van der Waals surface area contributed by atoms with E-state index in [1.807, 2.05) is 6.92 Å². The van der Waals surface area contributed by atoms with Crippen LogP contribution in [0.25, 0.3) is 0 Å². The molecule has 2 heterocycles. The van der Waals surface area contributed by atoms with E-state index in [9.17, 15) is 9.59 Å². The van der Waals surface area contributed by atoms with Gasteiger partial charge in [-0.1, -0.05) is 23.7 Å². The first kappa shape index (κ1) is 16.9. The van der Waals surface area contributed by atoms with Crippen LogP contribution in [0.15, 0.2) is 29.4 Å². The highest BCUT2D eigenvalue weighted by Crippen LogP contribution is 2.40. The van der Waals surface area contributed by atoms with Crippen LogP contribution >= 0.6 is 11.6 Å². The second-order valence-corrected chi connectivity index (χ2v) is 6.52. The van der Waals surface area contributed by atoms with Gasteiger partial charge in [-0.05, 0) is 38.5 Å². The molecule has 3 rings (SSSR count). The maximum Gasteiger partial charge on any atom is 0.331 e. The van der Waals surface area contributed by atoms with Gasteiger partial charge < -0.3 is 9.47 Å². The first-order valence-electron chi connectivity index (χ1n) is 7.86. The number of rotatable bonds is 5. The molecule has 0 amide bonds. The molecule has 0 spiro atoms.